The molecule has 3 aliphatic rings. The summed E-state index contributed by atoms with van der Waals surface area (Å²) in [4.78, 5) is 11.7. The van der Waals surface area contributed by atoms with Gasteiger partial charge in [-0.15, -0.1) is 0 Å². The number of rotatable bonds is 0. The number of thioether (sulfide) groups is 1. The van der Waals surface area contributed by atoms with E-state index in [0.29, 0.717) is 6.42 Å². The average molecular weight is 200 g/mol. The molecule has 2 bridgehead atoms. The molecule has 74 valence electrons. The van der Waals surface area contributed by atoms with Crippen molar-refractivity contribution in [3.05, 3.63) is 0 Å². The maximum atomic E-state index is 11.7. The van der Waals surface area contributed by atoms with Crippen molar-refractivity contribution in [1.29, 1.82) is 0 Å². The average Bonchev–Trinajstić information content (AvgIpc) is 1.75. The van der Waals surface area contributed by atoms with Gasteiger partial charge >= 0.3 is 0 Å². The Morgan fingerprint density at radius 3 is 2.54 bits per heavy atom. The summed E-state index contributed by atoms with van der Waals surface area (Å²) in [7, 11) is 0. The second-order valence-electron chi connectivity index (χ2n) is 4.93. The summed E-state index contributed by atoms with van der Waals surface area (Å²) in [5, 5.41) is 10.4. The smallest absolute Gasteiger partial charge is 0.141 e. The number of hydrogen-bond donors (Lipinski definition) is 1. The molecule has 2 aliphatic heterocycles. The van der Waals surface area contributed by atoms with Crippen molar-refractivity contribution >= 4 is 17.5 Å². The Balaban J connectivity index is 2.39. The third-order valence-corrected chi connectivity index (χ3v) is 4.74. The normalized spacial score (nSPS) is 55.5. The van der Waals surface area contributed by atoms with Gasteiger partial charge in [0.1, 0.15) is 5.78 Å². The zero-order valence-corrected chi connectivity index (χ0v) is 9.15. The Morgan fingerprint density at radius 1 is 1.54 bits per heavy atom. The maximum Gasteiger partial charge on any atom is 0.141 e. The molecule has 1 saturated carbocycles. The van der Waals surface area contributed by atoms with Crippen LogP contribution in [0.3, 0.4) is 0 Å². The van der Waals surface area contributed by atoms with Crippen LogP contribution in [0.25, 0.3) is 0 Å². The number of aliphatic hydroxyl groups is 1. The minimum atomic E-state index is -0.769. The third kappa shape index (κ3) is 1.33. The van der Waals surface area contributed by atoms with Gasteiger partial charge in [0, 0.05) is 16.4 Å². The zero-order chi connectivity index (χ0) is 9.85. The summed E-state index contributed by atoms with van der Waals surface area (Å²) >= 11 is 1.86. The summed E-state index contributed by atoms with van der Waals surface area (Å²) in [6, 6.07) is 0. The van der Waals surface area contributed by atoms with Crippen molar-refractivity contribution in [3.63, 3.8) is 0 Å². The minimum Gasteiger partial charge on any atom is -0.389 e. The molecule has 1 aliphatic carbocycles. The molecule has 2 saturated heterocycles. The zero-order valence-electron chi connectivity index (χ0n) is 8.33. The number of fused-ring (bicyclic) bond motifs is 3. The topological polar surface area (TPSA) is 37.3 Å². The van der Waals surface area contributed by atoms with Crippen LogP contribution < -0.4 is 0 Å². The molecule has 0 spiro atoms. The second-order valence-corrected chi connectivity index (χ2v) is 6.89. The van der Waals surface area contributed by atoms with Crippen molar-refractivity contribution < 1.29 is 9.90 Å². The van der Waals surface area contributed by atoms with E-state index >= 15 is 0 Å². The standard InChI is InChI=1S/C10H16O2S/c1-6-8-7(11)4-9(2,13-6)5-10(8,3)12/h6,8,12H,4-5H2,1-3H3. The van der Waals surface area contributed by atoms with Crippen molar-refractivity contribution in [2.24, 2.45) is 5.92 Å². The fraction of sp³-hybridized carbons (Fsp3) is 0.900. The molecule has 2 nitrogen and oxygen atoms in total. The molecule has 4 atom stereocenters. The predicted octanol–water partition coefficient (Wildman–Crippen LogP) is 1.61. The van der Waals surface area contributed by atoms with E-state index in [1.807, 2.05) is 18.7 Å². The lowest BCUT2D eigenvalue weighted by molar-refractivity contribution is -0.139. The van der Waals surface area contributed by atoms with Crippen LogP contribution in [0, 0.1) is 5.92 Å². The van der Waals surface area contributed by atoms with Crippen LogP contribution in [0.4, 0.5) is 0 Å². The van der Waals surface area contributed by atoms with Gasteiger partial charge in [0.25, 0.3) is 0 Å². The molecule has 0 amide bonds. The molecule has 4 unspecified atom stereocenters. The van der Waals surface area contributed by atoms with Gasteiger partial charge in [-0.3, -0.25) is 4.79 Å². The lowest BCUT2D eigenvalue weighted by atomic mass is 9.69. The first-order valence-corrected chi connectivity index (χ1v) is 5.65. The van der Waals surface area contributed by atoms with Crippen LogP contribution >= 0.6 is 11.8 Å². The molecule has 3 heteroatoms. The number of Topliss-reactive ketones (excluding diaryl/α,β-unsaturated/α-hetero) is 1. The fourth-order valence-corrected chi connectivity index (χ4v) is 5.20. The quantitative estimate of drug-likeness (QED) is 0.645. The Labute approximate surface area is 83.1 Å². The van der Waals surface area contributed by atoms with Crippen LogP contribution in [0.15, 0.2) is 0 Å². The SMILES string of the molecule is CC1SC2(C)CC(=O)C1C(C)(O)C2. The van der Waals surface area contributed by atoms with E-state index in [9.17, 15) is 9.90 Å². The second kappa shape index (κ2) is 2.51. The van der Waals surface area contributed by atoms with Crippen molar-refractivity contribution in [3.8, 4) is 0 Å². The minimum absolute atomic E-state index is 0.0191. The maximum absolute atomic E-state index is 11.7. The molecule has 0 aromatic heterocycles. The Hall–Kier alpha value is -0.0200. The lowest BCUT2D eigenvalue weighted by Crippen LogP contribution is -2.59. The fourth-order valence-electron chi connectivity index (χ4n) is 3.12. The summed E-state index contributed by atoms with van der Waals surface area (Å²) in [6.45, 7) is 5.96. The van der Waals surface area contributed by atoms with E-state index < -0.39 is 5.60 Å². The summed E-state index contributed by atoms with van der Waals surface area (Å²) < 4.78 is -0.0191. The monoisotopic (exact) mass is 200 g/mol. The molecular formula is C10H16O2S. The Kier molecular flexibility index (Phi) is 1.84. The van der Waals surface area contributed by atoms with Gasteiger partial charge in [-0.1, -0.05) is 6.92 Å². The Morgan fingerprint density at radius 2 is 2.15 bits per heavy atom. The largest absolute Gasteiger partial charge is 0.389 e. The van der Waals surface area contributed by atoms with E-state index in [0.717, 1.165) is 6.42 Å². The van der Waals surface area contributed by atoms with Crippen LogP contribution in [0.2, 0.25) is 0 Å². The van der Waals surface area contributed by atoms with Crippen LogP contribution in [-0.2, 0) is 4.79 Å². The van der Waals surface area contributed by atoms with Gasteiger partial charge in [-0.25, -0.2) is 0 Å². The molecule has 0 aromatic carbocycles. The van der Waals surface area contributed by atoms with Gasteiger partial charge in [-0.2, -0.15) is 11.8 Å². The van der Waals surface area contributed by atoms with Crippen LogP contribution in [0.1, 0.15) is 33.6 Å². The first kappa shape index (κ1) is 9.53. The molecular weight excluding hydrogens is 184 g/mol. The number of ketones is 1. The molecule has 3 rings (SSSR count). The van der Waals surface area contributed by atoms with E-state index in [-0.39, 0.29) is 21.7 Å². The highest BCUT2D eigenvalue weighted by Crippen LogP contribution is 2.55. The molecule has 1 N–H and O–H groups in total. The molecule has 3 fully saturated rings. The first-order valence-electron chi connectivity index (χ1n) is 4.77. The summed E-state index contributed by atoms with van der Waals surface area (Å²) in [5.41, 5.74) is -0.769. The van der Waals surface area contributed by atoms with Gasteiger partial charge in [0.15, 0.2) is 0 Å². The van der Waals surface area contributed by atoms with Gasteiger partial charge in [0.05, 0.1) is 11.5 Å². The number of carbonyl (C=O) groups excluding carboxylic acids is 1. The highest BCUT2D eigenvalue weighted by Gasteiger charge is 2.57. The molecule has 0 radical (unpaired) electrons. The number of carbonyl (C=O) groups is 1. The van der Waals surface area contributed by atoms with Gasteiger partial charge < -0.3 is 5.11 Å². The highest BCUT2D eigenvalue weighted by atomic mass is 32.2. The highest BCUT2D eigenvalue weighted by molar-refractivity contribution is 8.01. The van der Waals surface area contributed by atoms with Crippen LogP contribution in [-0.4, -0.2) is 26.5 Å². The van der Waals surface area contributed by atoms with Gasteiger partial charge in [0.2, 0.25) is 0 Å². The third-order valence-electron chi connectivity index (χ3n) is 3.24. The Bertz CT molecular complexity index is 259. The van der Waals surface area contributed by atoms with E-state index in [4.69, 9.17) is 0 Å². The summed E-state index contributed by atoms with van der Waals surface area (Å²) in [6.07, 6.45) is 1.40. The van der Waals surface area contributed by atoms with Crippen molar-refractivity contribution in [1.82, 2.24) is 0 Å². The predicted molar refractivity (Wildman–Crippen MR) is 53.8 cm³/mol. The van der Waals surface area contributed by atoms with E-state index in [2.05, 4.69) is 13.8 Å². The molecule has 13 heavy (non-hydrogen) atoms. The van der Waals surface area contributed by atoms with Crippen LogP contribution in [0.5, 0.6) is 0 Å². The molecule has 0 aromatic rings. The molecule has 2 heterocycles. The van der Waals surface area contributed by atoms with Crippen molar-refractivity contribution in [2.75, 3.05) is 0 Å². The van der Waals surface area contributed by atoms with E-state index in [1.165, 1.54) is 0 Å². The van der Waals surface area contributed by atoms with E-state index in [1.54, 1.807) is 0 Å². The van der Waals surface area contributed by atoms with Gasteiger partial charge in [-0.05, 0) is 20.3 Å². The lowest BCUT2D eigenvalue weighted by Gasteiger charge is -2.54. The summed E-state index contributed by atoms with van der Waals surface area (Å²) in [5.74, 6) is 0.115. The number of hydrogen-bond acceptors (Lipinski definition) is 3. The van der Waals surface area contributed by atoms with Crippen molar-refractivity contribution in [2.45, 2.75) is 49.2 Å². The first-order chi connectivity index (χ1) is 5.84.